The predicted octanol–water partition coefficient (Wildman–Crippen LogP) is 1.63. The highest BCUT2D eigenvalue weighted by atomic mass is 16.5. The van der Waals surface area contributed by atoms with Crippen molar-refractivity contribution in [3.63, 3.8) is 0 Å². The highest BCUT2D eigenvalue weighted by Gasteiger charge is 2.32. The Morgan fingerprint density at radius 3 is 2.88 bits per heavy atom. The van der Waals surface area contributed by atoms with Crippen LogP contribution in [-0.2, 0) is 9.53 Å². The number of hydrogen-bond acceptors (Lipinski definition) is 3. The highest BCUT2D eigenvalue weighted by Crippen LogP contribution is 2.33. The number of nitrogens with two attached hydrogens (primary N) is 1. The summed E-state index contributed by atoms with van der Waals surface area (Å²) in [6, 6.07) is 0. The van der Waals surface area contributed by atoms with Crippen LogP contribution in [0, 0.1) is 11.8 Å². The van der Waals surface area contributed by atoms with Crippen molar-refractivity contribution in [1.29, 1.82) is 0 Å². The third kappa shape index (κ3) is 3.76. The predicted molar refractivity (Wildman–Crippen MR) is 62.2 cm³/mol. The molecule has 0 aromatic rings. The summed E-state index contributed by atoms with van der Waals surface area (Å²) in [4.78, 5) is 11.2. The van der Waals surface area contributed by atoms with Crippen LogP contribution in [0.2, 0.25) is 0 Å². The van der Waals surface area contributed by atoms with Crippen molar-refractivity contribution in [2.45, 2.75) is 44.6 Å². The first-order chi connectivity index (χ1) is 7.69. The molecule has 0 spiro atoms. The van der Waals surface area contributed by atoms with Gasteiger partial charge < -0.3 is 15.6 Å². The summed E-state index contributed by atoms with van der Waals surface area (Å²) in [5, 5.41) is 9.23. The van der Waals surface area contributed by atoms with E-state index in [0.717, 1.165) is 32.1 Å². The number of hydrogen-bond donors (Lipinski definition) is 2. The van der Waals surface area contributed by atoms with E-state index in [9.17, 15) is 9.90 Å². The zero-order valence-electron chi connectivity index (χ0n) is 10.0. The summed E-state index contributed by atoms with van der Waals surface area (Å²) in [5.74, 6) is -0.639. The molecule has 3 unspecified atom stereocenters. The molecule has 94 valence electrons. The molecule has 1 aliphatic carbocycles. The van der Waals surface area contributed by atoms with E-state index in [0.29, 0.717) is 13.0 Å². The van der Waals surface area contributed by atoms with Crippen molar-refractivity contribution in [3.8, 4) is 0 Å². The van der Waals surface area contributed by atoms with Gasteiger partial charge in [-0.2, -0.15) is 0 Å². The summed E-state index contributed by atoms with van der Waals surface area (Å²) < 4.78 is 5.34. The summed E-state index contributed by atoms with van der Waals surface area (Å²) in [6.45, 7) is 0.574. The molecular weight excluding hydrogens is 206 g/mol. The zero-order chi connectivity index (χ0) is 12.0. The minimum absolute atomic E-state index is 0.235. The van der Waals surface area contributed by atoms with Gasteiger partial charge in [-0.3, -0.25) is 4.79 Å². The van der Waals surface area contributed by atoms with Crippen LogP contribution in [0.4, 0.5) is 0 Å². The number of rotatable bonds is 6. The van der Waals surface area contributed by atoms with Crippen LogP contribution in [0.25, 0.3) is 0 Å². The van der Waals surface area contributed by atoms with Gasteiger partial charge in [-0.1, -0.05) is 6.42 Å². The van der Waals surface area contributed by atoms with Crippen molar-refractivity contribution in [1.82, 2.24) is 0 Å². The van der Waals surface area contributed by atoms with Gasteiger partial charge in [0.2, 0.25) is 0 Å². The molecule has 1 saturated carbocycles. The van der Waals surface area contributed by atoms with Crippen LogP contribution < -0.4 is 5.73 Å². The van der Waals surface area contributed by atoms with Gasteiger partial charge in [-0.05, 0) is 44.6 Å². The number of carboxylic acids is 1. The van der Waals surface area contributed by atoms with Crippen molar-refractivity contribution in [2.24, 2.45) is 17.6 Å². The topological polar surface area (TPSA) is 72.5 Å². The number of carbonyl (C=O) groups is 1. The lowest BCUT2D eigenvalue weighted by atomic mass is 9.77. The van der Waals surface area contributed by atoms with Gasteiger partial charge in [0.1, 0.15) is 0 Å². The standard InChI is InChI=1S/C12H23NO3/c1-16-10-5-2-4-9(8-10)11(12(14)15)6-3-7-13/h9-11H,2-8,13H2,1H3,(H,14,15). The Labute approximate surface area is 97.2 Å². The van der Waals surface area contributed by atoms with Gasteiger partial charge in [-0.15, -0.1) is 0 Å². The molecule has 3 atom stereocenters. The van der Waals surface area contributed by atoms with Gasteiger partial charge in [0.15, 0.2) is 0 Å². The molecule has 1 aliphatic rings. The van der Waals surface area contributed by atoms with Crippen molar-refractivity contribution < 1.29 is 14.6 Å². The third-order valence-corrected chi connectivity index (χ3v) is 3.61. The molecule has 1 rings (SSSR count). The highest BCUT2D eigenvalue weighted by molar-refractivity contribution is 5.70. The lowest BCUT2D eigenvalue weighted by Crippen LogP contribution is -2.31. The fourth-order valence-corrected chi connectivity index (χ4v) is 2.66. The third-order valence-electron chi connectivity index (χ3n) is 3.61. The second-order valence-electron chi connectivity index (χ2n) is 4.66. The molecule has 3 N–H and O–H groups in total. The second-order valence-corrected chi connectivity index (χ2v) is 4.66. The molecule has 0 saturated heterocycles. The quantitative estimate of drug-likeness (QED) is 0.726. The van der Waals surface area contributed by atoms with E-state index in [1.807, 2.05) is 0 Å². The Bertz CT molecular complexity index is 220. The van der Waals surface area contributed by atoms with Crippen LogP contribution in [0.5, 0.6) is 0 Å². The Kier molecular flexibility index (Phi) is 5.77. The van der Waals surface area contributed by atoms with E-state index in [4.69, 9.17) is 10.5 Å². The van der Waals surface area contributed by atoms with Crippen LogP contribution in [-0.4, -0.2) is 30.8 Å². The number of carboxylic acid groups (broad SMARTS) is 1. The maximum absolute atomic E-state index is 11.2. The van der Waals surface area contributed by atoms with E-state index in [-0.39, 0.29) is 17.9 Å². The molecule has 0 bridgehead atoms. The second kappa shape index (κ2) is 6.86. The van der Waals surface area contributed by atoms with Crippen LogP contribution in [0.3, 0.4) is 0 Å². The number of methoxy groups -OCH3 is 1. The van der Waals surface area contributed by atoms with Crippen molar-refractivity contribution >= 4 is 5.97 Å². The first-order valence-electron chi connectivity index (χ1n) is 6.14. The largest absolute Gasteiger partial charge is 0.481 e. The van der Waals surface area contributed by atoms with Crippen LogP contribution >= 0.6 is 0 Å². The van der Waals surface area contributed by atoms with Gasteiger partial charge in [-0.25, -0.2) is 0 Å². The molecule has 0 aliphatic heterocycles. The zero-order valence-corrected chi connectivity index (χ0v) is 10.0. The lowest BCUT2D eigenvalue weighted by Gasteiger charge is -2.32. The minimum atomic E-state index is -0.671. The first-order valence-corrected chi connectivity index (χ1v) is 6.14. The maximum atomic E-state index is 11.2. The van der Waals surface area contributed by atoms with E-state index in [1.54, 1.807) is 7.11 Å². The fraction of sp³-hybridized carbons (Fsp3) is 0.917. The fourth-order valence-electron chi connectivity index (χ4n) is 2.66. The molecule has 16 heavy (non-hydrogen) atoms. The molecule has 0 amide bonds. The average molecular weight is 229 g/mol. The summed E-state index contributed by atoms with van der Waals surface area (Å²) in [5.41, 5.74) is 5.44. The van der Waals surface area contributed by atoms with Gasteiger partial charge in [0, 0.05) is 7.11 Å². The molecule has 0 aromatic heterocycles. The molecule has 0 aromatic carbocycles. The van der Waals surface area contributed by atoms with Crippen molar-refractivity contribution in [2.75, 3.05) is 13.7 Å². The number of ether oxygens (including phenoxy) is 1. The summed E-state index contributed by atoms with van der Waals surface area (Å²) >= 11 is 0. The molecule has 4 heteroatoms. The van der Waals surface area contributed by atoms with Crippen LogP contribution in [0.1, 0.15) is 38.5 Å². The van der Waals surface area contributed by atoms with Crippen molar-refractivity contribution in [3.05, 3.63) is 0 Å². The molecular formula is C12H23NO3. The molecule has 0 heterocycles. The van der Waals surface area contributed by atoms with E-state index in [1.165, 1.54) is 0 Å². The summed E-state index contributed by atoms with van der Waals surface area (Å²) in [7, 11) is 1.71. The van der Waals surface area contributed by atoms with Gasteiger partial charge >= 0.3 is 5.97 Å². The lowest BCUT2D eigenvalue weighted by molar-refractivity contribution is -0.145. The molecule has 4 nitrogen and oxygen atoms in total. The number of aliphatic carboxylic acids is 1. The van der Waals surface area contributed by atoms with Gasteiger partial charge in [0.25, 0.3) is 0 Å². The SMILES string of the molecule is COC1CCCC(C(CCCN)C(=O)O)C1. The van der Waals surface area contributed by atoms with E-state index >= 15 is 0 Å². The maximum Gasteiger partial charge on any atom is 0.306 e. The Morgan fingerprint density at radius 1 is 1.56 bits per heavy atom. The van der Waals surface area contributed by atoms with E-state index < -0.39 is 5.97 Å². The normalized spacial score (nSPS) is 27.6. The Balaban J connectivity index is 2.52. The van der Waals surface area contributed by atoms with Crippen LogP contribution in [0.15, 0.2) is 0 Å². The Hall–Kier alpha value is -0.610. The monoisotopic (exact) mass is 229 g/mol. The van der Waals surface area contributed by atoms with E-state index in [2.05, 4.69) is 0 Å². The summed E-state index contributed by atoms with van der Waals surface area (Å²) in [6.07, 6.45) is 5.79. The minimum Gasteiger partial charge on any atom is -0.481 e. The Morgan fingerprint density at radius 2 is 2.31 bits per heavy atom. The first kappa shape index (κ1) is 13.5. The molecule has 0 radical (unpaired) electrons. The average Bonchev–Trinajstić information content (AvgIpc) is 2.29. The molecule has 1 fully saturated rings. The smallest absolute Gasteiger partial charge is 0.306 e. The van der Waals surface area contributed by atoms with Gasteiger partial charge in [0.05, 0.1) is 12.0 Å².